The van der Waals surface area contributed by atoms with Gasteiger partial charge in [-0.05, 0) is 43.4 Å². The van der Waals surface area contributed by atoms with Crippen molar-refractivity contribution < 1.29 is 0 Å². The van der Waals surface area contributed by atoms with Gasteiger partial charge in [0.05, 0.1) is 0 Å². The summed E-state index contributed by atoms with van der Waals surface area (Å²) in [5, 5.41) is 0. The SMILES string of the molecule is Cc1cccc(N(C)CC2CCCC2N)c1. The van der Waals surface area contributed by atoms with Crippen molar-refractivity contribution in [1.29, 1.82) is 0 Å². The third-order valence-corrected chi connectivity index (χ3v) is 3.67. The van der Waals surface area contributed by atoms with Crippen molar-refractivity contribution in [2.45, 2.75) is 32.2 Å². The molecular weight excluding hydrogens is 196 g/mol. The van der Waals surface area contributed by atoms with Crippen molar-refractivity contribution >= 4 is 5.69 Å². The van der Waals surface area contributed by atoms with Crippen LogP contribution in [0.4, 0.5) is 5.69 Å². The van der Waals surface area contributed by atoms with Crippen LogP contribution in [0.5, 0.6) is 0 Å². The molecule has 2 N–H and O–H groups in total. The van der Waals surface area contributed by atoms with E-state index in [1.54, 1.807) is 0 Å². The lowest BCUT2D eigenvalue weighted by Crippen LogP contribution is -2.34. The zero-order valence-electron chi connectivity index (χ0n) is 10.3. The van der Waals surface area contributed by atoms with E-state index in [2.05, 4.69) is 43.1 Å². The van der Waals surface area contributed by atoms with Crippen LogP contribution in [0.25, 0.3) is 0 Å². The molecule has 2 nitrogen and oxygen atoms in total. The van der Waals surface area contributed by atoms with Crippen LogP contribution >= 0.6 is 0 Å². The Balaban J connectivity index is 1.99. The van der Waals surface area contributed by atoms with Gasteiger partial charge in [-0.3, -0.25) is 0 Å². The predicted octanol–water partition coefficient (Wildman–Crippen LogP) is 2.56. The van der Waals surface area contributed by atoms with Crippen molar-refractivity contribution in [1.82, 2.24) is 0 Å². The van der Waals surface area contributed by atoms with Crippen LogP contribution in [0.2, 0.25) is 0 Å². The third-order valence-electron chi connectivity index (χ3n) is 3.67. The van der Waals surface area contributed by atoms with E-state index < -0.39 is 0 Å². The minimum atomic E-state index is 0.409. The largest absolute Gasteiger partial charge is 0.374 e. The second-order valence-electron chi connectivity index (χ2n) is 5.07. The Morgan fingerprint density at radius 1 is 1.38 bits per heavy atom. The molecule has 1 saturated carbocycles. The lowest BCUT2D eigenvalue weighted by atomic mass is 10.0. The first-order valence-corrected chi connectivity index (χ1v) is 6.20. The number of hydrogen-bond acceptors (Lipinski definition) is 2. The molecule has 2 atom stereocenters. The lowest BCUT2D eigenvalue weighted by Gasteiger charge is -2.25. The van der Waals surface area contributed by atoms with Crippen molar-refractivity contribution in [3.63, 3.8) is 0 Å². The second-order valence-corrected chi connectivity index (χ2v) is 5.07. The van der Waals surface area contributed by atoms with Gasteiger partial charge < -0.3 is 10.6 Å². The molecule has 0 bridgehead atoms. The Bertz CT molecular complexity index is 348. The maximum Gasteiger partial charge on any atom is 0.0366 e. The summed E-state index contributed by atoms with van der Waals surface area (Å²) >= 11 is 0. The number of nitrogens with two attached hydrogens (primary N) is 1. The molecule has 2 rings (SSSR count). The van der Waals surface area contributed by atoms with Crippen LogP contribution in [0.3, 0.4) is 0 Å². The van der Waals surface area contributed by atoms with Gasteiger partial charge >= 0.3 is 0 Å². The van der Waals surface area contributed by atoms with Crippen LogP contribution in [-0.4, -0.2) is 19.6 Å². The normalized spacial score (nSPS) is 24.7. The fraction of sp³-hybridized carbons (Fsp3) is 0.571. The minimum Gasteiger partial charge on any atom is -0.374 e. The summed E-state index contributed by atoms with van der Waals surface area (Å²) in [6, 6.07) is 9.08. The van der Waals surface area contributed by atoms with Gasteiger partial charge in [-0.1, -0.05) is 18.6 Å². The van der Waals surface area contributed by atoms with Crippen molar-refractivity contribution in [2.24, 2.45) is 11.7 Å². The second kappa shape index (κ2) is 4.88. The Kier molecular flexibility index (Phi) is 3.49. The Morgan fingerprint density at radius 3 is 2.81 bits per heavy atom. The number of anilines is 1. The lowest BCUT2D eigenvalue weighted by molar-refractivity contribution is 0.482. The molecule has 1 aromatic carbocycles. The number of nitrogens with zero attached hydrogens (tertiary/aromatic N) is 1. The van der Waals surface area contributed by atoms with Crippen LogP contribution in [0.1, 0.15) is 24.8 Å². The maximum absolute atomic E-state index is 6.11. The van der Waals surface area contributed by atoms with Gasteiger partial charge in [0.15, 0.2) is 0 Å². The maximum atomic E-state index is 6.11. The highest BCUT2D eigenvalue weighted by atomic mass is 15.1. The highest BCUT2D eigenvalue weighted by Gasteiger charge is 2.24. The van der Waals surface area contributed by atoms with Gasteiger partial charge in [-0.2, -0.15) is 0 Å². The van der Waals surface area contributed by atoms with Gasteiger partial charge in [0.25, 0.3) is 0 Å². The smallest absolute Gasteiger partial charge is 0.0366 e. The Hall–Kier alpha value is -1.02. The molecule has 88 valence electrons. The molecule has 0 spiro atoms. The van der Waals surface area contributed by atoms with E-state index in [9.17, 15) is 0 Å². The summed E-state index contributed by atoms with van der Waals surface area (Å²) in [4.78, 5) is 2.34. The van der Waals surface area contributed by atoms with E-state index in [0.29, 0.717) is 12.0 Å². The number of benzene rings is 1. The molecular formula is C14H22N2. The van der Waals surface area contributed by atoms with Gasteiger partial charge in [-0.25, -0.2) is 0 Å². The Morgan fingerprint density at radius 2 is 2.19 bits per heavy atom. The van der Waals surface area contributed by atoms with Crippen LogP contribution < -0.4 is 10.6 Å². The average Bonchev–Trinajstić information content (AvgIpc) is 2.64. The van der Waals surface area contributed by atoms with E-state index in [-0.39, 0.29) is 0 Å². The van der Waals surface area contributed by atoms with Gasteiger partial charge in [0.2, 0.25) is 0 Å². The van der Waals surface area contributed by atoms with E-state index in [0.717, 1.165) is 6.54 Å². The molecule has 16 heavy (non-hydrogen) atoms. The summed E-state index contributed by atoms with van der Waals surface area (Å²) in [6.07, 6.45) is 3.79. The van der Waals surface area contributed by atoms with Crippen molar-refractivity contribution in [2.75, 3.05) is 18.5 Å². The molecule has 2 heteroatoms. The molecule has 2 unspecified atom stereocenters. The number of hydrogen-bond donors (Lipinski definition) is 1. The monoisotopic (exact) mass is 218 g/mol. The van der Waals surface area contributed by atoms with Gasteiger partial charge in [0, 0.05) is 25.3 Å². The van der Waals surface area contributed by atoms with Gasteiger partial charge in [-0.15, -0.1) is 0 Å². The number of aryl methyl sites for hydroxylation is 1. The third kappa shape index (κ3) is 2.56. The zero-order valence-corrected chi connectivity index (χ0v) is 10.3. The number of rotatable bonds is 3. The molecule has 1 aromatic rings. The molecule has 0 aliphatic heterocycles. The first-order valence-electron chi connectivity index (χ1n) is 6.20. The standard InChI is InChI=1S/C14H22N2/c1-11-5-3-7-13(9-11)16(2)10-12-6-4-8-14(12)15/h3,5,7,9,12,14H,4,6,8,10,15H2,1-2H3. The van der Waals surface area contributed by atoms with Crippen LogP contribution in [-0.2, 0) is 0 Å². The van der Waals surface area contributed by atoms with Gasteiger partial charge in [0.1, 0.15) is 0 Å². The van der Waals surface area contributed by atoms with Crippen molar-refractivity contribution in [3.8, 4) is 0 Å². The van der Waals surface area contributed by atoms with E-state index in [4.69, 9.17) is 5.73 Å². The summed E-state index contributed by atoms with van der Waals surface area (Å²) in [7, 11) is 2.17. The van der Waals surface area contributed by atoms with E-state index in [1.165, 1.54) is 30.5 Å². The Labute approximate surface area is 98.4 Å². The topological polar surface area (TPSA) is 29.3 Å². The summed E-state index contributed by atoms with van der Waals surface area (Å²) < 4.78 is 0. The first-order chi connectivity index (χ1) is 7.66. The fourth-order valence-corrected chi connectivity index (χ4v) is 2.61. The van der Waals surface area contributed by atoms with Crippen molar-refractivity contribution in [3.05, 3.63) is 29.8 Å². The summed E-state index contributed by atoms with van der Waals surface area (Å²) in [6.45, 7) is 3.23. The quantitative estimate of drug-likeness (QED) is 0.845. The molecule has 0 amide bonds. The van der Waals surface area contributed by atoms with Crippen LogP contribution in [0, 0.1) is 12.8 Å². The highest BCUT2D eigenvalue weighted by Crippen LogP contribution is 2.26. The highest BCUT2D eigenvalue weighted by molar-refractivity contribution is 5.47. The molecule has 0 radical (unpaired) electrons. The van der Waals surface area contributed by atoms with E-state index >= 15 is 0 Å². The summed E-state index contributed by atoms with van der Waals surface area (Å²) in [5.41, 5.74) is 8.73. The minimum absolute atomic E-state index is 0.409. The summed E-state index contributed by atoms with van der Waals surface area (Å²) in [5.74, 6) is 0.672. The molecule has 0 aromatic heterocycles. The fourth-order valence-electron chi connectivity index (χ4n) is 2.61. The average molecular weight is 218 g/mol. The van der Waals surface area contributed by atoms with Crippen LogP contribution in [0.15, 0.2) is 24.3 Å². The molecule has 0 heterocycles. The molecule has 0 saturated heterocycles. The molecule has 1 aliphatic carbocycles. The molecule has 1 aliphatic rings. The zero-order chi connectivity index (χ0) is 11.5. The molecule has 1 fully saturated rings. The first kappa shape index (κ1) is 11.5. The predicted molar refractivity (Wildman–Crippen MR) is 69.8 cm³/mol. The van der Waals surface area contributed by atoms with E-state index in [1.807, 2.05) is 0 Å².